The van der Waals surface area contributed by atoms with Gasteiger partial charge >= 0.3 is 0 Å². The third-order valence-electron chi connectivity index (χ3n) is 5.98. The van der Waals surface area contributed by atoms with E-state index in [4.69, 9.17) is 9.47 Å². The second-order valence-electron chi connectivity index (χ2n) is 8.09. The topological polar surface area (TPSA) is 24.9 Å². The second kappa shape index (κ2) is 11.2. The smallest absolute Gasteiger partial charge is 0.119 e. The van der Waals surface area contributed by atoms with Gasteiger partial charge in [0.1, 0.15) is 11.5 Å². The zero-order valence-corrected chi connectivity index (χ0v) is 18.3. The van der Waals surface area contributed by atoms with Crippen LogP contribution in [0.15, 0.2) is 48.5 Å². The Morgan fingerprint density at radius 1 is 1.00 bits per heavy atom. The fourth-order valence-corrected chi connectivity index (χ4v) is 4.28. The molecule has 4 nitrogen and oxygen atoms in total. The predicted molar refractivity (Wildman–Crippen MR) is 120 cm³/mol. The fourth-order valence-electron chi connectivity index (χ4n) is 4.28. The van der Waals surface area contributed by atoms with Gasteiger partial charge in [-0.05, 0) is 73.7 Å². The van der Waals surface area contributed by atoms with E-state index in [1.165, 1.54) is 43.6 Å². The summed E-state index contributed by atoms with van der Waals surface area (Å²) < 4.78 is 10.6. The van der Waals surface area contributed by atoms with Crippen molar-refractivity contribution in [1.29, 1.82) is 0 Å². The van der Waals surface area contributed by atoms with Crippen LogP contribution in [-0.2, 0) is 13.0 Å². The Balaban J connectivity index is 1.48. The zero-order valence-electron chi connectivity index (χ0n) is 18.3. The maximum Gasteiger partial charge on any atom is 0.119 e. The van der Waals surface area contributed by atoms with E-state index in [-0.39, 0.29) is 0 Å². The summed E-state index contributed by atoms with van der Waals surface area (Å²) in [5.74, 6) is 2.64. The molecule has 1 atom stereocenters. The lowest BCUT2D eigenvalue weighted by molar-refractivity contribution is 0.133. The van der Waals surface area contributed by atoms with Crippen molar-refractivity contribution in [1.82, 2.24) is 9.80 Å². The Kier molecular flexibility index (Phi) is 8.38. The Morgan fingerprint density at radius 2 is 1.79 bits per heavy atom. The van der Waals surface area contributed by atoms with Crippen molar-refractivity contribution >= 4 is 0 Å². The Morgan fingerprint density at radius 3 is 2.52 bits per heavy atom. The normalized spacial score (nSPS) is 17.4. The van der Waals surface area contributed by atoms with Crippen LogP contribution in [0.1, 0.15) is 30.9 Å². The van der Waals surface area contributed by atoms with Gasteiger partial charge in [-0.15, -0.1) is 0 Å². The molecule has 1 fully saturated rings. The first-order chi connectivity index (χ1) is 14.2. The number of likely N-dealkylation sites (tertiary alicyclic amines) is 1. The molecule has 0 bridgehead atoms. The molecule has 1 aliphatic rings. The summed E-state index contributed by atoms with van der Waals surface area (Å²) in [6.45, 7) is 9.13. The molecule has 4 heteroatoms. The van der Waals surface area contributed by atoms with Crippen molar-refractivity contribution in [2.75, 3.05) is 46.9 Å². The molecule has 0 amide bonds. The van der Waals surface area contributed by atoms with Crippen LogP contribution < -0.4 is 9.47 Å². The molecule has 158 valence electrons. The van der Waals surface area contributed by atoms with Gasteiger partial charge in [-0.3, -0.25) is 4.90 Å². The first kappa shape index (κ1) is 21.7. The highest BCUT2D eigenvalue weighted by Gasteiger charge is 2.21. The number of rotatable bonds is 10. The second-order valence-corrected chi connectivity index (χ2v) is 8.09. The monoisotopic (exact) mass is 396 g/mol. The molecule has 0 radical (unpaired) electrons. The summed E-state index contributed by atoms with van der Waals surface area (Å²) in [6.07, 6.45) is 3.74. The Bertz CT molecular complexity index is 732. The largest absolute Gasteiger partial charge is 0.497 e. The summed E-state index contributed by atoms with van der Waals surface area (Å²) in [6, 6.07) is 17.0. The Hall–Kier alpha value is -2.04. The third kappa shape index (κ3) is 6.76. The van der Waals surface area contributed by atoms with Crippen molar-refractivity contribution in [3.05, 3.63) is 59.7 Å². The van der Waals surface area contributed by atoms with E-state index >= 15 is 0 Å². The minimum absolute atomic E-state index is 0.757. The van der Waals surface area contributed by atoms with Gasteiger partial charge in [0.2, 0.25) is 0 Å². The van der Waals surface area contributed by atoms with Crippen LogP contribution in [0.3, 0.4) is 0 Å². The van der Waals surface area contributed by atoms with Crippen molar-refractivity contribution < 1.29 is 9.47 Å². The summed E-state index contributed by atoms with van der Waals surface area (Å²) in [7, 11) is 3.45. The van der Waals surface area contributed by atoms with Crippen molar-refractivity contribution in [2.24, 2.45) is 5.92 Å². The highest BCUT2D eigenvalue weighted by atomic mass is 16.5. The maximum absolute atomic E-state index is 5.36. The standard InChI is InChI=1S/C25H36N2O2/c1-4-26(18-22-10-12-24(28-2)13-11-22)19-23-8-6-15-27(20-23)16-14-21-7-5-9-25(17-21)29-3/h5,7,9-13,17,23H,4,6,8,14-16,18-20H2,1-3H3/t23-/m0/s1. The lowest BCUT2D eigenvalue weighted by atomic mass is 9.96. The number of ether oxygens (including phenoxy) is 2. The van der Waals surface area contributed by atoms with E-state index in [0.29, 0.717) is 0 Å². The van der Waals surface area contributed by atoms with Gasteiger partial charge in [0.15, 0.2) is 0 Å². The lowest BCUT2D eigenvalue weighted by Gasteiger charge is -2.35. The molecule has 1 saturated heterocycles. The Labute approximate surface area is 176 Å². The van der Waals surface area contributed by atoms with E-state index in [0.717, 1.165) is 43.5 Å². The molecular formula is C25H36N2O2. The van der Waals surface area contributed by atoms with Gasteiger partial charge < -0.3 is 14.4 Å². The highest BCUT2D eigenvalue weighted by molar-refractivity contribution is 5.28. The molecule has 0 unspecified atom stereocenters. The van der Waals surface area contributed by atoms with Gasteiger partial charge in [0, 0.05) is 26.2 Å². The van der Waals surface area contributed by atoms with Gasteiger partial charge in [-0.25, -0.2) is 0 Å². The van der Waals surface area contributed by atoms with Crippen molar-refractivity contribution in [3.8, 4) is 11.5 Å². The summed E-state index contributed by atoms with van der Waals surface area (Å²) in [5, 5.41) is 0. The minimum Gasteiger partial charge on any atom is -0.497 e. The van der Waals surface area contributed by atoms with Gasteiger partial charge in [-0.1, -0.05) is 31.2 Å². The van der Waals surface area contributed by atoms with Crippen molar-refractivity contribution in [2.45, 2.75) is 32.7 Å². The summed E-state index contributed by atoms with van der Waals surface area (Å²) >= 11 is 0. The number of hydrogen-bond donors (Lipinski definition) is 0. The van der Waals surface area contributed by atoms with Gasteiger partial charge in [0.25, 0.3) is 0 Å². The predicted octanol–water partition coefficient (Wildman–Crippen LogP) is 4.48. The van der Waals surface area contributed by atoms with Crippen LogP contribution in [0, 0.1) is 5.92 Å². The lowest BCUT2D eigenvalue weighted by Crippen LogP contribution is -2.41. The zero-order chi connectivity index (χ0) is 20.5. The summed E-state index contributed by atoms with van der Waals surface area (Å²) in [5.41, 5.74) is 2.72. The van der Waals surface area contributed by atoms with E-state index in [1.807, 2.05) is 6.07 Å². The van der Waals surface area contributed by atoms with Crippen LogP contribution in [0.25, 0.3) is 0 Å². The average Bonchev–Trinajstić information content (AvgIpc) is 2.78. The van der Waals surface area contributed by atoms with E-state index in [9.17, 15) is 0 Å². The van der Waals surface area contributed by atoms with Gasteiger partial charge in [-0.2, -0.15) is 0 Å². The van der Waals surface area contributed by atoms with Crippen LogP contribution >= 0.6 is 0 Å². The summed E-state index contributed by atoms with van der Waals surface area (Å²) in [4.78, 5) is 5.23. The maximum atomic E-state index is 5.36. The van der Waals surface area contributed by atoms with Crippen LogP contribution in [0.5, 0.6) is 11.5 Å². The molecule has 2 aromatic rings. The minimum atomic E-state index is 0.757. The molecule has 0 spiro atoms. The molecule has 2 aromatic carbocycles. The molecule has 0 aliphatic carbocycles. The average molecular weight is 397 g/mol. The molecule has 1 aliphatic heterocycles. The van der Waals surface area contributed by atoms with Crippen LogP contribution in [0.2, 0.25) is 0 Å². The number of nitrogens with zero attached hydrogens (tertiary/aromatic N) is 2. The molecular weight excluding hydrogens is 360 g/mol. The first-order valence-electron chi connectivity index (χ1n) is 10.9. The molecule has 0 saturated carbocycles. The van der Waals surface area contributed by atoms with E-state index in [2.05, 4.69) is 59.2 Å². The SMILES string of the molecule is CCN(Cc1ccc(OC)cc1)C[C@@H]1CCCN(CCc2cccc(OC)c2)C1. The van der Waals surface area contributed by atoms with Gasteiger partial charge in [0.05, 0.1) is 14.2 Å². The third-order valence-corrected chi connectivity index (χ3v) is 5.98. The van der Waals surface area contributed by atoms with Crippen molar-refractivity contribution in [3.63, 3.8) is 0 Å². The molecule has 1 heterocycles. The number of piperidine rings is 1. The van der Waals surface area contributed by atoms with E-state index < -0.39 is 0 Å². The van der Waals surface area contributed by atoms with Crippen LogP contribution in [0.4, 0.5) is 0 Å². The quantitative estimate of drug-likeness (QED) is 0.591. The molecule has 3 rings (SSSR count). The number of methoxy groups -OCH3 is 2. The first-order valence-corrected chi connectivity index (χ1v) is 10.9. The number of hydrogen-bond acceptors (Lipinski definition) is 4. The molecule has 0 aromatic heterocycles. The highest BCUT2D eigenvalue weighted by Crippen LogP contribution is 2.20. The molecule has 0 N–H and O–H groups in total. The molecule has 29 heavy (non-hydrogen) atoms. The van der Waals surface area contributed by atoms with Crippen LogP contribution in [-0.4, -0.2) is 56.7 Å². The number of benzene rings is 2. The van der Waals surface area contributed by atoms with E-state index in [1.54, 1.807) is 14.2 Å². The fraction of sp³-hybridized carbons (Fsp3) is 0.520.